The van der Waals surface area contributed by atoms with E-state index in [0.29, 0.717) is 6.04 Å². The first kappa shape index (κ1) is 11.9. The van der Waals surface area contributed by atoms with Crippen LogP contribution >= 0.6 is 11.3 Å². The zero-order chi connectivity index (χ0) is 12.4. The third kappa shape index (κ3) is 2.65. The second-order valence-corrected chi connectivity index (χ2v) is 5.81. The second-order valence-electron chi connectivity index (χ2n) is 4.87. The molecule has 0 aromatic carbocycles. The molecule has 0 saturated carbocycles. The van der Waals surface area contributed by atoms with E-state index in [2.05, 4.69) is 15.7 Å². The molecule has 1 atom stereocenters. The Hall–Kier alpha value is -1.13. The van der Waals surface area contributed by atoms with Crippen LogP contribution in [0.25, 0.3) is 11.5 Å². The molecule has 0 radical (unpaired) electrons. The lowest BCUT2D eigenvalue weighted by atomic mass is 10.1. The summed E-state index contributed by atoms with van der Waals surface area (Å²) in [7, 11) is 0. The van der Waals surface area contributed by atoms with Crippen LogP contribution in [0.4, 0.5) is 0 Å². The number of thiazole rings is 1. The van der Waals surface area contributed by atoms with Crippen LogP contribution < -0.4 is 5.32 Å². The molecule has 1 N–H and O–H groups in total. The highest BCUT2D eigenvalue weighted by Crippen LogP contribution is 2.25. The van der Waals surface area contributed by atoms with Crippen molar-refractivity contribution in [1.82, 2.24) is 10.3 Å². The maximum absolute atomic E-state index is 5.59. The molecule has 2 aromatic heterocycles. The van der Waals surface area contributed by atoms with Gasteiger partial charge in [-0.25, -0.2) is 4.98 Å². The average molecular weight is 262 g/mol. The Bertz CT molecular complexity index is 511. The van der Waals surface area contributed by atoms with Crippen LogP contribution in [0.15, 0.2) is 21.9 Å². The summed E-state index contributed by atoms with van der Waals surface area (Å²) in [6.45, 7) is 3.14. The molecule has 3 rings (SSSR count). The molecule has 96 valence electrons. The molecule has 18 heavy (non-hydrogen) atoms. The van der Waals surface area contributed by atoms with Crippen LogP contribution in [0.1, 0.15) is 30.0 Å². The molecular formula is C14H18N2OS. The first-order valence-corrected chi connectivity index (χ1v) is 7.44. The van der Waals surface area contributed by atoms with E-state index in [9.17, 15) is 0 Å². The predicted octanol–water partition coefficient (Wildman–Crippen LogP) is 3.40. The largest absolute Gasteiger partial charge is 0.460 e. The van der Waals surface area contributed by atoms with Gasteiger partial charge in [-0.1, -0.05) is 0 Å². The third-order valence-corrected chi connectivity index (χ3v) is 4.32. The molecule has 0 bridgehead atoms. The first-order valence-electron chi connectivity index (χ1n) is 6.56. The van der Waals surface area contributed by atoms with Gasteiger partial charge in [-0.15, -0.1) is 11.3 Å². The maximum Gasteiger partial charge on any atom is 0.153 e. The number of aromatic nitrogens is 1. The third-order valence-electron chi connectivity index (χ3n) is 3.41. The Morgan fingerprint density at radius 1 is 1.50 bits per heavy atom. The number of hydrogen-bond acceptors (Lipinski definition) is 4. The standard InChI is InChI=1S/C14H18N2OS/c1-10-4-6-13(17-10)12-9-18-14(16-12)7-5-11-3-2-8-15-11/h4,6,9,11,15H,2-3,5,7-8H2,1H3. The molecule has 4 heteroatoms. The normalized spacial score (nSPS) is 19.5. The van der Waals surface area contributed by atoms with Crippen molar-refractivity contribution in [2.75, 3.05) is 6.54 Å². The average Bonchev–Trinajstić information content (AvgIpc) is 3.07. The molecule has 1 aliphatic rings. The topological polar surface area (TPSA) is 38.1 Å². The van der Waals surface area contributed by atoms with Gasteiger partial charge in [-0.2, -0.15) is 0 Å². The lowest BCUT2D eigenvalue weighted by Gasteiger charge is -2.07. The smallest absolute Gasteiger partial charge is 0.153 e. The van der Waals surface area contributed by atoms with E-state index in [-0.39, 0.29) is 0 Å². The summed E-state index contributed by atoms with van der Waals surface area (Å²) in [5.41, 5.74) is 0.975. The summed E-state index contributed by atoms with van der Waals surface area (Å²) < 4.78 is 5.59. The van der Waals surface area contributed by atoms with Gasteiger partial charge in [0.25, 0.3) is 0 Å². The van der Waals surface area contributed by atoms with Gasteiger partial charge < -0.3 is 9.73 Å². The van der Waals surface area contributed by atoms with Crippen LogP contribution in [0.5, 0.6) is 0 Å². The van der Waals surface area contributed by atoms with E-state index in [0.717, 1.165) is 23.6 Å². The summed E-state index contributed by atoms with van der Waals surface area (Å²) in [6.07, 6.45) is 4.90. The van der Waals surface area contributed by atoms with Crippen molar-refractivity contribution in [2.24, 2.45) is 0 Å². The highest BCUT2D eigenvalue weighted by Gasteiger charge is 2.15. The monoisotopic (exact) mass is 262 g/mol. The highest BCUT2D eigenvalue weighted by atomic mass is 32.1. The van der Waals surface area contributed by atoms with Gasteiger partial charge in [0.05, 0.1) is 5.01 Å². The number of aryl methyl sites for hydroxylation is 2. The minimum atomic E-state index is 0.697. The quantitative estimate of drug-likeness (QED) is 0.917. The van der Waals surface area contributed by atoms with E-state index < -0.39 is 0 Å². The van der Waals surface area contributed by atoms with Crippen LogP contribution in [-0.4, -0.2) is 17.6 Å². The zero-order valence-corrected chi connectivity index (χ0v) is 11.4. The SMILES string of the molecule is Cc1ccc(-c2csc(CCC3CCCN3)n2)o1. The van der Waals surface area contributed by atoms with Crippen molar-refractivity contribution in [3.63, 3.8) is 0 Å². The fourth-order valence-corrected chi connectivity index (χ4v) is 3.22. The maximum atomic E-state index is 5.59. The summed E-state index contributed by atoms with van der Waals surface area (Å²) in [6, 6.07) is 4.67. The van der Waals surface area contributed by atoms with Crippen LogP contribution in [0, 0.1) is 6.92 Å². The lowest BCUT2D eigenvalue weighted by Crippen LogP contribution is -2.21. The summed E-state index contributed by atoms with van der Waals surface area (Å²) in [5, 5.41) is 6.84. The van der Waals surface area contributed by atoms with Crippen LogP contribution in [-0.2, 0) is 6.42 Å². The number of rotatable bonds is 4. The van der Waals surface area contributed by atoms with Crippen LogP contribution in [0.2, 0.25) is 0 Å². The Kier molecular flexibility index (Phi) is 3.48. The molecule has 1 aliphatic heterocycles. The fourth-order valence-electron chi connectivity index (χ4n) is 2.41. The van der Waals surface area contributed by atoms with Gasteiger partial charge in [-0.05, 0) is 44.9 Å². The van der Waals surface area contributed by atoms with E-state index in [1.54, 1.807) is 11.3 Å². The van der Waals surface area contributed by atoms with E-state index in [1.807, 2.05) is 19.1 Å². The van der Waals surface area contributed by atoms with E-state index >= 15 is 0 Å². The van der Waals surface area contributed by atoms with Crippen molar-refractivity contribution in [2.45, 2.75) is 38.6 Å². The van der Waals surface area contributed by atoms with Crippen molar-refractivity contribution >= 4 is 11.3 Å². The molecule has 2 aromatic rings. The highest BCUT2D eigenvalue weighted by molar-refractivity contribution is 7.09. The number of nitrogens with zero attached hydrogens (tertiary/aromatic N) is 1. The fraction of sp³-hybridized carbons (Fsp3) is 0.500. The Morgan fingerprint density at radius 3 is 3.17 bits per heavy atom. The van der Waals surface area contributed by atoms with Crippen molar-refractivity contribution in [3.8, 4) is 11.5 Å². The molecule has 3 heterocycles. The second kappa shape index (κ2) is 5.24. The molecule has 3 nitrogen and oxygen atoms in total. The van der Waals surface area contributed by atoms with E-state index in [1.165, 1.54) is 30.8 Å². The van der Waals surface area contributed by atoms with Gasteiger partial charge in [-0.3, -0.25) is 0 Å². The Labute approximate surface area is 111 Å². The minimum absolute atomic E-state index is 0.697. The Morgan fingerprint density at radius 2 is 2.44 bits per heavy atom. The van der Waals surface area contributed by atoms with Crippen LogP contribution in [0.3, 0.4) is 0 Å². The van der Waals surface area contributed by atoms with Gasteiger partial charge in [0.1, 0.15) is 11.5 Å². The van der Waals surface area contributed by atoms with Crippen molar-refractivity contribution < 1.29 is 4.42 Å². The predicted molar refractivity (Wildman–Crippen MR) is 73.9 cm³/mol. The van der Waals surface area contributed by atoms with Gasteiger partial charge in [0.2, 0.25) is 0 Å². The molecular weight excluding hydrogens is 244 g/mol. The van der Waals surface area contributed by atoms with Gasteiger partial charge >= 0.3 is 0 Å². The molecule has 1 fully saturated rings. The molecule has 1 unspecified atom stereocenters. The molecule has 0 amide bonds. The zero-order valence-electron chi connectivity index (χ0n) is 10.6. The summed E-state index contributed by atoms with van der Waals surface area (Å²) >= 11 is 1.74. The minimum Gasteiger partial charge on any atom is -0.460 e. The van der Waals surface area contributed by atoms with Gasteiger partial charge in [0, 0.05) is 17.8 Å². The first-order chi connectivity index (χ1) is 8.81. The molecule has 0 aliphatic carbocycles. The van der Waals surface area contributed by atoms with Crippen molar-refractivity contribution in [3.05, 3.63) is 28.3 Å². The number of hydrogen-bond donors (Lipinski definition) is 1. The molecule has 0 spiro atoms. The summed E-state index contributed by atoms with van der Waals surface area (Å²) in [5.74, 6) is 1.82. The van der Waals surface area contributed by atoms with Crippen molar-refractivity contribution in [1.29, 1.82) is 0 Å². The van der Waals surface area contributed by atoms with E-state index in [4.69, 9.17) is 4.42 Å². The summed E-state index contributed by atoms with van der Waals surface area (Å²) in [4.78, 5) is 4.65. The van der Waals surface area contributed by atoms with Gasteiger partial charge in [0.15, 0.2) is 5.76 Å². The lowest BCUT2D eigenvalue weighted by molar-refractivity contribution is 0.545. The Balaban J connectivity index is 1.62. The number of furan rings is 1. The number of nitrogens with one attached hydrogen (secondary N) is 1. The molecule has 1 saturated heterocycles.